The first kappa shape index (κ1) is 20.5. The van der Waals surface area contributed by atoms with Crippen molar-refractivity contribution in [1.82, 2.24) is 10.2 Å². The molecule has 0 saturated carbocycles. The summed E-state index contributed by atoms with van der Waals surface area (Å²) in [6, 6.07) is 7.46. The van der Waals surface area contributed by atoms with Crippen molar-refractivity contribution in [1.29, 1.82) is 0 Å². The molecule has 142 valence electrons. The van der Waals surface area contributed by atoms with E-state index in [-0.39, 0.29) is 12.5 Å². The molecule has 2 amide bonds. The molecule has 0 aromatic carbocycles. The Bertz CT molecular complexity index is 620. The van der Waals surface area contributed by atoms with Crippen LogP contribution >= 0.6 is 22.7 Å². The Morgan fingerprint density at radius 2 is 1.73 bits per heavy atom. The van der Waals surface area contributed by atoms with Crippen molar-refractivity contribution in [3.63, 3.8) is 0 Å². The van der Waals surface area contributed by atoms with Crippen LogP contribution in [-0.2, 0) is 22.6 Å². The van der Waals surface area contributed by atoms with Gasteiger partial charge in [-0.1, -0.05) is 31.9 Å². The molecule has 0 aliphatic heterocycles. The van der Waals surface area contributed by atoms with Crippen LogP contribution in [-0.4, -0.2) is 29.5 Å². The lowest BCUT2D eigenvalue weighted by atomic mass is 10.1. The third-order valence-corrected chi connectivity index (χ3v) is 5.60. The number of carbonyl (C=O) groups excluding carboxylic acids is 2. The normalized spacial score (nSPS) is 11.8. The van der Waals surface area contributed by atoms with Gasteiger partial charge in [-0.3, -0.25) is 4.79 Å². The fraction of sp³-hybridized carbons (Fsp3) is 0.474. The molecule has 0 bridgehead atoms. The summed E-state index contributed by atoms with van der Waals surface area (Å²) in [7, 11) is 0. The van der Waals surface area contributed by atoms with Crippen molar-refractivity contribution in [2.75, 3.05) is 6.61 Å². The molecule has 0 aliphatic carbocycles. The average Bonchev–Trinajstić information content (AvgIpc) is 3.31. The number of hydrogen-bond acceptors (Lipinski definition) is 5. The lowest BCUT2D eigenvalue weighted by molar-refractivity contribution is -0.134. The van der Waals surface area contributed by atoms with Crippen LogP contribution in [0.1, 0.15) is 42.9 Å². The Kier molecular flexibility index (Phi) is 8.64. The van der Waals surface area contributed by atoms with Crippen LogP contribution in [0, 0.1) is 0 Å². The highest BCUT2D eigenvalue weighted by molar-refractivity contribution is 7.10. The first-order chi connectivity index (χ1) is 12.6. The summed E-state index contributed by atoms with van der Waals surface area (Å²) in [6.45, 7) is 5.20. The predicted octanol–water partition coefficient (Wildman–Crippen LogP) is 4.64. The first-order valence-electron chi connectivity index (χ1n) is 8.90. The van der Waals surface area contributed by atoms with Crippen LogP contribution in [0.3, 0.4) is 0 Å². The van der Waals surface area contributed by atoms with Gasteiger partial charge in [0.1, 0.15) is 6.04 Å². The number of unbranched alkanes of at least 4 members (excludes halogenated alkanes) is 1. The summed E-state index contributed by atoms with van der Waals surface area (Å²) >= 11 is 3.26. The predicted molar refractivity (Wildman–Crippen MR) is 106 cm³/mol. The quantitative estimate of drug-likeness (QED) is 0.638. The van der Waals surface area contributed by atoms with E-state index in [0.29, 0.717) is 19.5 Å². The number of alkyl carbamates (subject to hydrolysis) is 1. The second kappa shape index (κ2) is 11.0. The van der Waals surface area contributed by atoms with E-state index in [1.54, 1.807) is 29.6 Å². The number of thiophene rings is 2. The van der Waals surface area contributed by atoms with Gasteiger partial charge in [0, 0.05) is 9.75 Å². The Hall–Kier alpha value is -1.86. The number of amides is 2. The second-order valence-electron chi connectivity index (χ2n) is 5.91. The first-order valence-corrected chi connectivity index (χ1v) is 10.7. The molecule has 2 aromatic heterocycles. The fourth-order valence-corrected chi connectivity index (χ4v) is 4.03. The molecule has 0 spiro atoms. The molecule has 2 heterocycles. The summed E-state index contributed by atoms with van der Waals surface area (Å²) in [5.74, 6) is -0.0618. The van der Waals surface area contributed by atoms with Crippen molar-refractivity contribution in [3.05, 3.63) is 44.8 Å². The number of carbonyl (C=O) groups is 2. The number of nitrogens with zero attached hydrogens (tertiary/aromatic N) is 1. The molecule has 0 radical (unpaired) electrons. The zero-order valence-corrected chi connectivity index (χ0v) is 16.9. The van der Waals surface area contributed by atoms with Crippen molar-refractivity contribution < 1.29 is 14.3 Å². The molecule has 1 N–H and O–H groups in total. The van der Waals surface area contributed by atoms with E-state index < -0.39 is 12.1 Å². The van der Waals surface area contributed by atoms with E-state index in [4.69, 9.17) is 4.74 Å². The standard InChI is InChI=1S/C19H26N2O3S2/c1-3-5-10-17(20-19(23)24-4-2)18(22)21(13-15-8-6-11-25-15)14-16-9-7-12-26-16/h6-9,11-12,17H,3-5,10,13-14H2,1-2H3,(H,20,23)/t17-/m0/s1. The highest BCUT2D eigenvalue weighted by Gasteiger charge is 2.26. The summed E-state index contributed by atoms with van der Waals surface area (Å²) in [5, 5.41) is 6.76. The van der Waals surface area contributed by atoms with Gasteiger partial charge in [-0.15, -0.1) is 22.7 Å². The topological polar surface area (TPSA) is 58.6 Å². The summed E-state index contributed by atoms with van der Waals surface area (Å²) in [4.78, 5) is 29.2. The number of rotatable bonds is 10. The van der Waals surface area contributed by atoms with Crippen LogP contribution in [0.5, 0.6) is 0 Å². The second-order valence-corrected chi connectivity index (χ2v) is 7.98. The Morgan fingerprint density at radius 3 is 2.19 bits per heavy atom. The van der Waals surface area contributed by atoms with E-state index in [1.165, 1.54) is 0 Å². The average molecular weight is 395 g/mol. The van der Waals surface area contributed by atoms with Gasteiger partial charge < -0.3 is 15.0 Å². The van der Waals surface area contributed by atoms with Gasteiger partial charge in [0.15, 0.2) is 0 Å². The van der Waals surface area contributed by atoms with Crippen molar-refractivity contribution in [3.8, 4) is 0 Å². The minimum Gasteiger partial charge on any atom is -0.450 e. The Balaban J connectivity index is 2.14. The molecule has 0 unspecified atom stereocenters. The number of hydrogen-bond donors (Lipinski definition) is 1. The van der Waals surface area contributed by atoms with E-state index >= 15 is 0 Å². The van der Waals surface area contributed by atoms with Gasteiger partial charge in [0.25, 0.3) is 0 Å². The maximum atomic E-state index is 13.2. The molecule has 2 rings (SSSR count). The molecular formula is C19H26N2O3S2. The third-order valence-electron chi connectivity index (χ3n) is 3.88. The van der Waals surface area contributed by atoms with Crippen LogP contribution < -0.4 is 5.32 Å². The summed E-state index contributed by atoms with van der Waals surface area (Å²) in [5.41, 5.74) is 0. The maximum Gasteiger partial charge on any atom is 0.407 e. The van der Waals surface area contributed by atoms with Gasteiger partial charge in [0.2, 0.25) is 5.91 Å². The van der Waals surface area contributed by atoms with Crippen LogP contribution in [0.25, 0.3) is 0 Å². The third kappa shape index (κ3) is 6.46. The van der Waals surface area contributed by atoms with Crippen molar-refractivity contribution in [2.45, 2.75) is 52.2 Å². The van der Waals surface area contributed by atoms with E-state index in [1.807, 2.05) is 39.9 Å². The van der Waals surface area contributed by atoms with Gasteiger partial charge in [-0.25, -0.2) is 4.79 Å². The highest BCUT2D eigenvalue weighted by Crippen LogP contribution is 2.19. The molecule has 0 aliphatic rings. The SMILES string of the molecule is CCCC[C@H](NC(=O)OCC)C(=O)N(Cc1cccs1)Cc1cccs1. The molecule has 26 heavy (non-hydrogen) atoms. The lowest BCUT2D eigenvalue weighted by Gasteiger charge is -2.27. The van der Waals surface area contributed by atoms with Crippen LogP contribution in [0.2, 0.25) is 0 Å². The zero-order chi connectivity index (χ0) is 18.8. The molecule has 1 atom stereocenters. The minimum absolute atomic E-state index is 0.0618. The summed E-state index contributed by atoms with van der Waals surface area (Å²) < 4.78 is 4.98. The molecule has 7 heteroatoms. The van der Waals surface area contributed by atoms with Gasteiger partial charge in [0.05, 0.1) is 19.7 Å². The molecule has 5 nitrogen and oxygen atoms in total. The number of nitrogens with one attached hydrogen (secondary N) is 1. The Labute approximate surface area is 163 Å². The van der Waals surface area contributed by atoms with Crippen molar-refractivity contribution in [2.24, 2.45) is 0 Å². The van der Waals surface area contributed by atoms with Crippen molar-refractivity contribution >= 4 is 34.7 Å². The van der Waals surface area contributed by atoms with Gasteiger partial charge in [-0.2, -0.15) is 0 Å². The van der Waals surface area contributed by atoms with E-state index in [0.717, 1.165) is 22.6 Å². The largest absolute Gasteiger partial charge is 0.450 e. The minimum atomic E-state index is -0.561. The fourth-order valence-electron chi connectivity index (χ4n) is 2.59. The molecular weight excluding hydrogens is 368 g/mol. The van der Waals surface area contributed by atoms with E-state index in [2.05, 4.69) is 12.2 Å². The van der Waals surface area contributed by atoms with Crippen LogP contribution in [0.4, 0.5) is 4.79 Å². The Morgan fingerprint density at radius 1 is 1.12 bits per heavy atom. The van der Waals surface area contributed by atoms with Gasteiger partial charge in [-0.05, 0) is 36.2 Å². The maximum absolute atomic E-state index is 13.2. The molecule has 0 saturated heterocycles. The number of ether oxygens (including phenoxy) is 1. The van der Waals surface area contributed by atoms with E-state index in [9.17, 15) is 9.59 Å². The molecule has 0 fully saturated rings. The zero-order valence-electron chi connectivity index (χ0n) is 15.3. The smallest absolute Gasteiger partial charge is 0.407 e. The van der Waals surface area contributed by atoms with Crippen LogP contribution in [0.15, 0.2) is 35.0 Å². The molecule has 2 aromatic rings. The highest BCUT2D eigenvalue weighted by atomic mass is 32.1. The monoisotopic (exact) mass is 394 g/mol. The lowest BCUT2D eigenvalue weighted by Crippen LogP contribution is -2.48. The van der Waals surface area contributed by atoms with Gasteiger partial charge >= 0.3 is 6.09 Å². The summed E-state index contributed by atoms with van der Waals surface area (Å²) in [6.07, 6.45) is 1.91.